The van der Waals surface area contributed by atoms with Crippen molar-refractivity contribution in [2.75, 3.05) is 13.2 Å². The number of Topliss-reactive ketones (excluding diaryl/α,β-unsaturated/α-hetero) is 1. The molecule has 0 aliphatic carbocycles. The summed E-state index contributed by atoms with van der Waals surface area (Å²) in [4.78, 5) is 27.6. The van der Waals surface area contributed by atoms with Crippen LogP contribution in [-0.4, -0.2) is 34.9 Å². The van der Waals surface area contributed by atoms with Gasteiger partial charge in [-0.3, -0.25) is 9.59 Å². The van der Waals surface area contributed by atoms with Gasteiger partial charge in [-0.2, -0.15) is 0 Å². The number of carbonyl (C=O) groups excluding carboxylic acids is 2. The highest BCUT2D eigenvalue weighted by atomic mass is 16.5. The van der Waals surface area contributed by atoms with Gasteiger partial charge < -0.3 is 23.9 Å². The van der Waals surface area contributed by atoms with Crippen LogP contribution in [-0.2, 0) is 16.1 Å². The Hall–Kier alpha value is -4.26. The standard InChI is InChI=1S/C28H27NO6/c1-3-15-33-21-11-7-19(8-12-21)25-24(26(30)20-9-13-22(14-10-20)34-16-4-2)27(31)28(32)29(25)18-23-6-5-17-35-23/h4-14,17,25,30H,2-3,15-16,18H2,1H3/t25-/m1/s1. The van der Waals surface area contributed by atoms with Gasteiger partial charge in [-0.1, -0.05) is 31.7 Å². The zero-order chi connectivity index (χ0) is 24.8. The summed E-state index contributed by atoms with van der Waals surface area (Å²) in [5.74, 6) is 0.107. The molecule has 1 fully saturated rings. The molecule has 0 saturated carbocycles. The van der Waals surface area contributed by atoms with Crippen LogP contribution in [0.5, 0.6) is 11.5 Å². The summed E-state index contributed by atoms with van der Waals surface area (Å²) < 4.78 is 16.6. The minimum atomic E-state index is -0.794. The van der Waals surface area contributed by atoms with Crippen molar-refractivity contribution in [3.8, 4) is 11.5 Å². The Morgan fingerprint density at radius 1 is 1.06 bits per heavy atom. The first-order valence-electron chi connectivity index (χ1n) is 11.4. The van der Waals surface area contributed by atoms with Crippen molar-refractivity contribution in [3.05, 3.63) is 102 Å². The fourth-order valence-electron chi connectivity index (χ4n) is 3.95. The third-order valence-electron chi connectivity index (χ3n) is 5.61. The summed E-state index contributed by atoms with van der Waals surface area (Å²) in [6.07, 6.45) is 4.02. The molecule has 0 spiro atoms. The first kappa shape index (κ1) is 23.9. The van der Waals surface area contributed by atoms with Crippen molar-refractivity contribution >= 4 is 17.4 Å². The van der Waals surface area contributed by atoms with Gasteiger partial charge >= 0.3 is 0 Å². The predicted molar refractivity (Wildman–Crippen MR) is 131 cm³/mol. The molecule has 7 nitrogen and oxygen atoms in total. The van der Waals surface area contributed by atoms with Crippen molar-refractivity contribution in [2.24, 2.45) is 0 Å². The maximum atomic E-state index is 13.2. The second-order valence-electron chi connectivity index (χ2n) is 8.05. The molecule has 35 heavy (non-hydrogen) atoms. The molecule has 1 amide bonds. The Morgan fingerprint density at radius 3 is 2.37 bits per heavy atom. The van der Waals surface area contributed by atoms with Crippen LogP contribution in [0.25, 0.3) is 5.76 Å². The van der Waals surface area contributed by atoms with Crippen LogP contribution in [0.2, 0.25) is 0 Å². The van der Waals surface area contributed by atoms with Crippen LogP contribution in [0, 0.1) is 0 Å². The summed E-state index contributed by atoms with van der Waals surface area (Å²) in [5.41, 5.74) is 1.09. The van der Waals surface area contributed by atoms with E-state index >= 15 is 0 Å². The van der Waals surface area contributed by atoms with Gasteiger partial charge in [-0.25, -0.2) is 0 Å². The summed E-state index contributed by atoms with van der Waals surface area (Å²) in [6, 6.07) is 16.5. The van der Waals surface area contributed by atoms with Gasteiger partial charge in [0, 0.05) is 5.56 Å². The second kappa shape index (κ2) is 10.8. The van der Waals surface area contributed by atoms with Crippen LogP contribution in [0.1, 0.15) is 36.3 Å². The molecule has 1 aromatic heterocycles. The van der Waals surface area contributed by atoms with E-state index in [0.29, 0.717) is 41.6 Å². The molecule has 3 aromatic rings. The smallest absolute Gasteiger partial charge is 0.296 e. The van der Waals surface area contributed by atoms with E-state index in [0.717, 1.165) is 6.42 Å². The summed E-state index contributed by atoms with van der Waals surface area (Å²) >= 11 is 0. The van der Waals surface area contributed by atoms with Crippen LogP contribution in [0.4, 0.5) is 0 Å². The molecular formula is C28H27NO6. The van der Waals surface area contributed by atoms with E-state index in [1.165, 1.54) is 11.2 Å². The Labute approximate surface area is 203 Å². The molecule has 2 aromatic carbocycles. The van der Waals surface area contributed by atoms with E-state index in [2.05, 4.69) is 6.58 Å². The van der Waals surface area contributed by atoms with Crippen LogP contribution in [0.15, 0.2) is 89.6 Å². The van der Waals surface area contributed by atoms with Crippen LogP contribution >= 0.6 is 0 Å². The zero-order valence-corrected chi connectivity index (χ0v) is 19.5. The van der Waals surface area contributed by atoms with Gasteiger partial charge in [-0.05, 0) is 60.5 Å². The summed E-state index contributed by atoms with van der Waals surface area (Å²) in [5, 5.41) is 11.2. The normalized spacial score (nSPS) is 16.9. The fourth-order valence-corrected chi connectivity index (χ4v) is 3.95. The largest absolute Gasteiger partial charge is 0.507 e. The minimum Gasteiger partial charge on any atom is -0.507 e. The summed E-state index contributed by atoms with van der Waals surface area (Å²) in [7, 11) is 0. The van der Waals surface area contributed by atoms with E-state index in [1.807, 2.05) is 6.92 Å². The Kier molecular flexibility index (Phi) is 7.35. The number of carbonyl (C=O) groups is 2. The molecule has 4 rings (SSSR count). The molecule has 2 heterocycles. The van der Waals surface area contributed by atoms with Gasteiger partial charge in [0.2, 0.25) is 0 Å². The number of hydrogen-bond acceptors (Lipinski definition) is 6. The van der Waals surface area contributed by atoms with Crippen molar-refractivity contribution in [2.45, 2.75) is 25.9 Å². The lowest BCUT2D eigenvalue weighted by molar-refractivity contribution is -0.140. The SMILES string of the molecule is C=CCOc1ccc(C(O)=C2C(=O)C(=O)N(Cc3ccco3)[C@@H]2c2ccc(OCCC)cc2)cc1. The third kappa shape index (κ3) is 5.14. The number of nitrogens with zero attached hydrogens (tertiary/aromatic N) is 1. The topological polar surface area (TPSA) is 89.2 Å². The molecule has 1 saturated heterocycles. The van der Waals surface area contributed by atoms with Crippen LogP contribution in [0.3, 0.4) is 0 Å². The van der Waals surface area contributed by atoms with Crippen molar-refractivity contribution in [1.82, 2.24) is 4.90 Å². The van der Waals surface area contributed by atoms with Gasteiger partial charge in [0.15, 0.2) is 0 Å². The van der Waals surface area contributed by atoms with Gasteiger partial charge in [0.05, 0.1) is 31.0 Å². The highest BCUT2D eigenvalue weighted by Gasteiger charge is 2.46. The molecule has 1 aliphatic heterocycles. The molecule has 0 unspecified atom stereocenters. The lowest BCUT2D eigenvalue weighted by atomic mass is 9.95. The average Bonchev–Trinajstić information content (AvgIpc) is 3.49. The van der Waals surface area contributed by atoms with Gasteiger partial charge in [0.25, 0.3) is 11.7 Å². The predicted octanol–water partition coefficient (Wildman–Crippen LogP) is 5.26. The highest BCUT2D eigenvalue weighted by Crippen LogP contribution is 2.40. The van der Waals surface area contributed by atoms with E-state index in [9.17, 15) is 14.7 Å². The van der Waals surface area contributed by atoms with Crippen molar-refractivity contribution in [1.29, 1.82) is 0 Å². The molecule has 1 aliphatic rings. The number of ether oxygens (including phenoxy) is 2. The van der Waals surface area contributed by atoms with E-state index in [1.54, 1.807) is 66.7 Å². The number of likely N-dealkylation sites (tertiary alicyclic amines) is 1. The Morgan fingerprint density at radius 2 is 1.74 bits per heavy atom. The number of ketones is 1. The number of aliphatic hydroxyl groups is 1. The van der Waals surface area contributed by atoms with Crippen molar-refractivity contribution in [3.63, 3.8) is 0 Å². The van der Waals surface area contributed by atoms with E-state index in [4.69, 9.17) is 13.9 Å². The summed E-state index contributed by atoms with van der Waals surface area (Å²) in [6.45, 7) is 6.66. The number of rotatable bonds is 10. The van der Waals surface area contributed by atoms with Crippen LogP contribution < -0.4 is 9.47 Å². The maximum Gasteiger partial charge on any atom is 0.296 e. The molecule has 0 radical (unpaired) electrons. The van der Waals surface area contributed by atoms with Crippen molar-refractivity contribution < 1.29 is 28.6 Å². The van der Waals surface area contributed by atoms with Gasteiger partial charge in [-0.15, -0.1) is 0 Å². The first-order valence-corrected chi connectivity index (χ1v) is 11.4. The lowest BCUT2D eigenvalue weighted by Crippen LogP contribution is -2.29. The number of amides is 1. The monoisotopic (exact) mass is 473 g/mol. The number of benzene rings is 2. The first-order chi connectivity index (χ1) is 17.0. The zero-order valence-electron chi connectivity index (χ0n) is 19.5. The fraction of sp³-hybridized carbons (Fsp3) is 0.214. The second-order valence-corrected chi connectivity index (χ2v) is 8.05. The highest BCUT2D eigenvalue weighted by molar-refractivity contribution is 6.46. The maximum absolute atomic E-state index is 13.2. The van der Waals surface area contributed by atoms with Gasteiger partial charge in [0.1, 0.15) is 29.6 Å². The number of furan rings is 1. The molecular weight excluding hydrogens is 446 g/mol. The number of aliphatic hydroxyl groups excluding tert-OH is 1. The lowest BCUT2D eigenvalue weighted by Gasteiger charge is -2.24. The molecule has 1 atom stereocenters. The molecule has 1 N–H and O–H groups in total. The van der Waals surface area contributed by atoms with E-state index in [-0.39, 0.29) is 17.9 Å². The third-order valence-corrected chi connectivity index (χ3v) is 5.61. The quantitative estimate of drug-likeness (QED) is 0.187. The minimum absolute atomic E-state index is 0.0172. The molecule has 0 bridgehead atoms. The van der Waals surface area contributed by atoms with E-state index < -0.39 is 17.7 Å². The average molecular weight is 474 g/mol. The molecule has 180 valence electrons. The number of hydrogen-bond donors (Lipinski definition) is 1. The Balaban J connectivity index is 1.74. The molecule has 7 heteroatoms. The Bertz CT molecular complexity index is 1210.